The highest BCUT2D eigenvalue weighted by atomic mass is 32.2. The summed E-state index contributed by atoms with van der Waals surface area (Å²) in [5.74, 6) is 1.05. The molecule has 1 atom stereocenters. The van der Waals surface area contributed by atoms with E-state index < -0.39 is 0 Å². The summed E-state index contributed by atoms with van der Waals surface area (Å²) in [6, 6.07) is 1.77. The van der Waals surface area contributed by atoms with Gasteiger partial charge in [-0.25, -0.2) is 0 Å². The van der Waals surface area contributed by atoms with Crippen molar-refractivity contribution in [2.24, 2.45) is 0 Å². The van der Waals surface area contributed by atoms with E-state index in [0.717, 1.165) is 5.56 Å². The summed E-state index contributed by atoms with van der Waals surface area (Å²) >= 11 is 1.23. The van der Waals surface area contributed by atoms with Gasteiger partial charge in [0.2, 0.25) is 5.91 Å². The molecule has 0 radical (unpaired) electrons. The van der Waals surface area contributed by atoms with Crippen molar-refractivity contribution >= 4 is 17.7 Å². The van der Waals surface area contributed by atoms with Crippen LogP contribution in [0.25, 0.3) is 11.5 Å². The van der Waals surface area contributed by atoms with Gasteiger partial charge in [0.05, 0.1) is 17.1 Å². The lowest BCUT2D eigenvalue weighted by Crippen LogP contribution is -2.44. The van der Waals surface area contributed by atoms with Gasteiger partial charge in [0.1, 0.15) is 5.76 Å². The van der Waals surface area contributed by atoms with Crippen LogP contribution in [-0.4, -0.2) is 26.9 Å². The normalized spacial score (nSPS) is 13.2. The summed E-state index contributed by atoms with van der Waals surface area (Å²) in [7, 11) is 0. The highest BCUT2D eigenvalue weighted by Crippen LogP contribution is 2.28. The highest BCUT2D eigenvalue weighted by molar-refractivity contribution is 8.00. The van der Waals surface area contributed by atoms with E-state index >= 15 is 0 Å². The Balaban J connectivity index is 2.03. The molecule has 0 bridgehead atoms. The van der Waals surface area contributed by atoms with Crippen LogP contribution < -0.4 is 5.32 Å². The van der Waals surface area contributed by atoms with Crippen LogP contribution in [0.15, 0.2) is 26.4 Å². The maximum atomic E-state index is 12.0. The summed E-state index contributed by atoms with van der Waals surface area (Å²) in [6.45, 7) is 9.45. The minimum absolute atomic E-state index is 0.0632. The molecule has 6 nitrogen and oxygen atoms in total. The number of carbonyl (C=O) groups excluding carboxylic acids is 1. The van der Waals surface area contributed by atoms with Gasteiger partial charge in [0.15, 0.2) is 0 Å². The van der Waals surface area contributed by atoms with Gasteiger partial charge in [-0.3, -0.25) is 4.79 Å². The molecule has 0 fully saturated rings. The van der Waals surface area contributed by atoms with Crippen LogP contribution in [0.3, 0.4) is 0 Å². The summed E-state index contributed by atoms with van der Waals surface area (Å²) in [4.78, 5) is 12.0. The number of aromatic nitrogens is 2. The Bertz CT molecular complexity index is 627. The Morgan fingerprint density at radius 3 is 2.67 bits per heavy atom. The molecule has 0 aliphatic heterocycles. The molecule has 2 aromatic heterocycles. The molecule has 0 saturated heterocycles. The van der Waals surface area contributed by atoms with Crippen molar-refractivity contribution in [2.75, 3.05) is 0 Å². The number of hydrogen-bond acceptors (Lipinski definition) is 6. The van der Waals surface area contributed by atoms with Gasteiger partial charge in [-0.2, -0.15) is 0 Å². The fourth-order valence-corrected chi connectivity index (χ4v) is 2.33. The molecular formula is C14H19N3O3S. The quantitative estimate of drug-likeness (QED) is 0.874. The molecule has 0 unspecified atom stereocenters. The molecular weight excluding hydrogens is 290 g/mol. The first-order valence-electron chi connectivity index (χ1n) is 6.63. The fraction of sp³-hybridized carbons (Fsp3) is 0.500. The summed E-state index contributed by atoms with van der Waals surface area (Å²) in [6.07, 6.45) is 1.57. The largest absolute Gasteiger partial charge is 0.469 e. The van der Waals surface area contributed by atoms with E-state index in [1.54, 1.807) is 19.3 Å². The van der Waals surface area contributed by atoms with E-state index in [-0.39, 0.29) is 16.7 Å². The lowest BCUT2D eigenvalue weighted by molar-refractivity contribution is -0.121. The van der Waals surface area contributed by atoms with Crippen LogP contribution >= 0.6 is 11.8 Å². The van der Waals surface area contributed by atoms with E-state index in [4.69, 9.17) is 8.83 Å². The first-order chi connectivity index (χ1) is 9.76. The van der Waals surface area contributed by atoms with Crippen LogP contribution in [0.1, 0.15) is 33.5 Å². The molecule has 2 rings (SSSR count). The van der Waals surface area contributed by atoms with E-state index in [1.165, 1.54) is 11.8 Å². The van der Waals surface area contributed by atoms with Crippen molar-refractivity contribution in [3.05, 3.63) is 18.1 Å². The molecule has 0 aliphatic rings. The lowest BCUT2D eigenvalue weighted by atomic mass is 10.1. The van der Waals surface area contributed by atoms with Crippen molar-refractivity contribution in [1.29, 1.82) is 0 Å². The standard InChI is InChI=1S/C14H19N3O3S/c1-8-10(6-7-19-8)12-16-17-13(20-12)21-9(2)11(18)15-14(3,4)5/h6-7,9H,1-5H3,(H,15,18)/t9-/m1/s1. The number of nitrogens with one attached hydrogen (secondary N) is 1. The van der Waals surface area contributed by atoms with Crippen molar-refractivity contribution in [1.82, 2.24) is 15.5 Å². The number of rotatable bonds is 4. The van der Waals surface area contributed by atoms with Crippen LogP contribution in [0, 0.1) is 6.92 Å². The number of thioether (sulfide) groups is 1. The van der Waals surface area contributed by atoms with Gasteiger partial charge in [-0.05, 0) is 40.7 Å². The van der Waals surface area contributed by atoms with Crippen molar-refractivity contribution in [3.8, 4) is 11.5 Å². The van der Waals surface area contributed by atoms with Gasteiger partial charge in [-0.1, -0.05) is 11.8 Å². The number of carbonyl (C=O) groups is 1. The Hall–Kier alpha value is -1.76. The van der Waals surface area contributed by atoms with Crippen LogP contribution in [0.5, 0.6) is 0 Å². The second kappa shape index (κ2) is 5.93. The number of nitrogens with zero attached hydrogens (tertiary/aromatic N) is 2. The fourth-order valence-electron chi connectivity index (χ4n) is 1.65. The van der Waals surface area contributed by atoms with Crippen molar-refractivity contribution in [2.45, 2.75) is 50.6 Å². The zero-order valence-corrected chi connectivity index (χ0v) is 13.6. The van der Waals surface area contributed by atoms with E-state index in [9.17, 15) is 4.79 Å². The molecule has 21 heavy (non-hydrogen) atoms. The molecule has 1 amide bonds. The lowest BCUT2D eigenvalue weighted by Gasteiger charge is -2.22. The highest BCUT2D eigenvalue weighted by Gasteiger charge is 2.22. The molecule has 0 aliphatic carbocycles. The Labute approximate surface area is 127 Å². The first kappa shape index (κ1) is 15.6. The van der Waals surface area contributed by atoms with Gasteiger partial charge in [0, 0.05) is 5.54 Å². The first-order valence-corrected chi connectivity index (χ1v) is 7.51. The third-order valence-corrected chi connectivity index (χ3v) is 3.57. The second-order valence-electron chi connectivity index (χ2n) is 5.76. The molecule has 7 heteroatoms. The second-order valence-corrected chi connectivity index (χ2v) is 7.05. The zero-order chi connectivity index (χ0) is 15.6. The molecule has 2 heterocycles. The monoisotopic (exact) mass is 309 g/mol. The maximum Gasteiger partial charge on any atom is 0.277 e. The summed E-state index contributed by atoms with van der Waals surface area (Å²) in [5.41, 5.74) is 0.501. The Morgan fingerprint density at radius 1 is 1.38 bits per heavy atom. The number of furan rings is 1. The van der Waals surface area contributed by atoms with Crippen LogP contribution in [-0.2, 0) is 4.79 Å². The molecule has 0 saturated carbocycles. The Kier molecular flexibility index (Phi) is 4.41. The average Bonchev–Trinajstić information content (AvgIpc) is 2.95. The third kappa shape index (κ3) is 4.10. The number of amides is 1. The van der Waals surface area contributed by atoms with Gasteiger partial charge in [0.25, 0.3) is 11.1 Å². The van der Waals surface area contributed by atoms with Crippen LogP contribution in [0.2, 0.25) is 0 Å². The van der Waals surface area contributed by atoms with Crippen LogP contribution in [0.4, 0.5) is 0 Å². The maximum absolute atomic E-state index is 12.0. The van der Waals surface area contributed by atoms with E-state index in [1.807, 2.05) is 27.7 Å². The van der Waals surface area contributed by atoms with Gasteiger partial charge >= 0.3 is 0 Å². The molecule has 114 valence electrons. The predicted octanol–water partition coefficient (Wildman–Crippen LogP) is 3.03. The van der Waals surface area contributed by atoms with E-state index in [2.05, 4.69) is 15.5 Å². The smallest absolute Gasteiger partial charge is 0.277 e. The average molecular weight is 309 g/mol. The number of aryl methyl sites for hydroxylation is 1. The van der Waals surface area contributed by atoms with E-state index in [0.29, 0.717) is 16.9 Å². The molecule has 1 N–H and O–H groups in total. The Morgan fingerprint density at radius 2 is 2.10 bits per heavy atom. The number of hydrogen-bond donors (Lipinski definition) is 1. The SMILES string of the molecule is Cc1occc1-c1nnc(S[C@H](C)C(=O)NC(C)(C)C)o1. The van der Waals surface area contributed by atoms with Crippen molar-refractivity contribution < 1.29 is 13.6 Å². The summed E-state index contributed by atoms with van der Waals surface area (Å²) in [5, 5.41) is 10.9. The topological polar surface area (TPSA) is 81.2 Å². The van der Waals surface area contributed by atoms with Gasteiger partial charge < -0.3 is 14.2 Å². The minimum Gasteiger partial charge on any atom is -0.469 e. The molecule has 0 aromatic carbocycles. The minimum atomic E-state index is -0.317. The van der Waals surface area contributed by atoms with Gasteiger partial charge in [-0.15, -0.1) is 10.2 Å². The third-order valence-electron chi connectivity index (χ3n) is 2.64. The molecule has 2 aromatic rings. The molecule has 0 spiro atoms. The zero-order valence-electron chi connectivity index (χ0n) is 12.8. The summed E-state index contributed by atoms with van der Waals surface area (Å²) < 4.78 is 10.8. The van der Waals surface area contributed by atoms with Crippen molar-refractivity contribution in [3.63, 3.8) is 0 Å². The predicted molar refractivity (Wildman–Crippen MR) is 80.0 cm³/mol.